The van der Waals surface area contributed by atoms with Gasteiger partial charge in [0.15, 0.2) is 0 Å². The molecule has 4 rings (SSSR count). The maximum atomic E-state index is 13.8. The molecular weight excluding hydrogens is 765 g/mol. The van der Waals surface area contributed by atoms with Gasteiger partial charge in [-0.1, -0.05) is 88.4 Å². The summed E-state index contributed by atoms with van der Waals surface area (Å²) in [5, 5.41) is 17.6. The third-order valence-corrected chi connectivity index (χ3v) is 12.3. The van der Waals surface area contributed by atoms with Crippen molar-refractivity contribution in [2.24, 2.45) is 11.8 Å². The lowest BCUT2D eigenvalue weighted by Crippen LogP contribution is -2.53. The minimum absolute atomic E-state index is 0.0474. The Labute approximate surface area is 337 Å². The van der Waals surface area contributed by atoms with E-state index in [1.165, 1.54) is 0 Å². The first-order valence-electron chi connectivity index (χ1n) is 19.3. The highest BCUT2D eigenvalue weighted by Gasteiger charge is 2.32. The van der Waals surface area contributed by atoms with E-state index in [0.29, 0.717) is 12.0 Å². The van der Waals surface area contributed by atoms with Crippen molar-refractivity contribution >= 4 is 31.9 Å². The van der Waals surface area contributed by atoms with Crippen LogP contribution >= 0.6 is 0 Å². The van der Waals surface area contributed by atoms with Crippen molar-refractivity contribution in [1.82, 2.24) is 30.0 Å². The van der Waals surface area contributed by atoms with Gasteiger partial charge < -0.3 is 15.7 Å². The zero-order valence-electron chi connectivity index (χ0n) is 33.0. The molecule has 308 valence electrons. The fourth-order valence-electron chi connectivity index (χ4n) is 6.40. The number of hydrogen-bond donors (Lipinski definition) is 5. The predicted molar refractivity (Wildman–Crippen MR) is 222 cm³/mol. The number of aromatic nitrogens is 2. The van der Waals surface area contributed by atoms with Crippen LogP contribution in [0.3, 0.4) is 0 Å². The van der Waals surface area contributed by atoms with Gasteiger partial charge in [-0.05, 0) is 90.5 Å². The van der Waals surface area contributed by atoms with E-state index < -0.39 is 68.1 Å². The van der Waals surface area contributed by atoms with Crippen molar-refractivity contribution in [3.05, 3.63) is 132 Å². The third-order valence-electron chi connectivity index (χ3n) is 9.58. The number of aryl methyl sites for hydroxylation is 2. The van der Waals surface area contributed by atoms with Crippen LogP contribution in [0.2, 0.25) is 0 Å². The lowest BCUT2D eigenvalue weighted by atomic mass is 9.93. The number of aliphatic hydroxyl groups is 1. The molecule has 5 N–H and O–H groups in total. The third kappa shape index (κ3) is 15.7. The van der Waals surface area contributed by atoms with Gasteiger partial charge in [0.25, 0.3) is 0 Å². The van der Waals surface area contributed by atoms with Crippen LogP contribution in [0.15, 0.2) is 110 Å². The Morgan fingerprint density at radius 3 is 1.49 bits per heavy atom. The quantitative estimate of drug-likeness (QED) is 0.0738. The molecule has 0 aliphatic heterocycles. The highest BCUT2D eigenvalue weighted by Crippen LogP contribution is 2.23. The monoisotopic (exact) mass is 820 g/mol. The molecule has 57 heavy (non-hydrogen) atoms. The van der Waals surface area contributed by atoms with Gasteiger partial charge >= 0.3 is 0 Å². The first kappa shape index (κ1) is 45.2. The van der Waals surface area contributed by atoms with Gasteiger partial charge in [-0.3, -0.25) is 19.6 Å². The summed E-state index contributed by atoms with van der Waals surface area (Å²) < 4.78 is 57.8. The lowest BCUT2D eigenvalue weighted by Gasteiger charge is -2.29. The Balaban J connectivity index is 1.48. The van der Waals surface area contributed by atoms with Crippen molar-refractivity contribution < 1.29 is 31.5 Å². The maximum absolute atomic E-state index is 13.8. The van der Waals surface area contributed by atoms with Crippen molar-refractivity contribution in [3.8, 4) is 0 Å². The number of benzene rings is 2. The highest BCUT2D eigenvalue weighted by atomic mass is 32.2. The van der Waals surface area contributed by atoms with E-state index in [-0.39, 0.29) is 43.1 Å². The fourth-order valence-corrected chi connectivity index (χ4v) is 9.17. The molecule has 0 saturated heterocycles. The van der Waals surface area contributed by atoms with Crippen LogP contribution in [-0.2, 0) is 48.9 Å². The number of aliphatic hydroxyl groups excluding tert-OH is 1. The number of nitrogens with zero attached hydrogens (tertiary/aromatic N) is 2. The number of sulfonamides is 2. The summed E-state index contributed by atoms with van der Waals surface area (Å²) in [5.41, 5.74) is 3.22. The van der Waals surface area contributed by atoms with E-state index in [4.69, 9.17) is 0 Å². The number of hydrogen-bond acceptors (Lipinski definition) is 9. The molecule has 0 fully saturated rings. The van der Waals surface area contributed by atoms with Gasteiger partial charge in [0, 0.05) is 30.8 Å². The van der Waals surface area contributed by atoms with Crippen LogP contribution < -0.4 is 20.1 Å². The molecule has 2 aromatic carbocycles. The summed E-state index contributed by atoms with van der Waals surface area (Å²) in [5.74, 6) is -2.26. The molecule has 13 nitrogen and oxygen atoms in total. The second-order valence-electron chi connectivity index (χ2n) is 15.0. The standard InChI is InChI=1S/C42H56N6O7S2/c1-30(2)39(47-56(52,53)25-19-32-15-21-43-22-16-32)41(50)45-36(27-34-11-7-5-8-12-34)28-37(49)29-38(35-13-9-6-10-14-35)46-42(51)40(31(3)4)48-57(54,55)26-20-33-17-23-44-24-18-33/h5-18,21-24,30-31,36-40,47-49H,19-20,25-29H2,1-4H3,(H,45,50)(H,46,51)/t36-,37-,38?,39-,40-/m0/s1. The smallest absolute Gasteiger partial charge is 0.238 e. The van der Waals surface area contributed by atoms with Gasteiger partial charge in [-0.25, -0.2) is 26.3 Å². The second-order valence-corrected chi connectivity index (χ2v) is 18.8. The minimum Gasteiger partial charge on any atom is -0.393 e. The number of nitrogens with one attached hydrogen (secondary N) is 4. The van der Waals surface area contributed by atoms with E-state index in [1.54, 1.807) is 76.7 Å². The highest BCUT2D eigenvalue weighted by molar-refractivity contribution is 7.89. The van der Waals surface area contributed by atoms with Crippen LogP contribution in [0.4, 0.5) is 0 Å². The number of pyridine rings is 2. The van der Waals surface area contributed by atoms with Crippen LogP contribution in [0, 0.1) is 11.8 Å². The van der Waals surface area contributed by atoms with Crippen molar-refractivity contribution in [2.75, 3.05) is 11.5 Å². The first-order valence-corrected chi connectivity index (χ1v) is 22.6. The summed E-state index contributed by atoms with van der Waals surface area (Å²) in [6.45, 7) is 7.03. The Bertz CT molecular complexity index is 2040. The van der Waals surface area contributed by atoms with Crippen LogP contribution in [-0.4, -0.2) is 79.5 Å². The number of carbonyl (C=O) groups is 2. The van der Waals surface area contributed by atoms with Gasteiger partial charge in [0.1, 0.15) is 12.1 Å². The molecule has 2 heterocycles. The molecule has 5 atom stereocenters. The topological polar surface area (TPSA) is 197 Å². The SMILES string of the molecule is CC(C)[C@H](NS(=O)(=O)CCc1ccncc1)C(=O)NC(C[C@@H](O)C[C@H](Cc1ccccc1)NC(=O)[C@@H](NS(=O)(=O)CCc1ccncc1)C(C)C)c1ccccc1. The van der Waals surface area contributed by atoms with Crippen LogP contribution in [0.5, 0.6) is 0 Å². The molecular formula is C42H56N6O7S2. The summed E-state index contributed by atoms with van der Waals surface area (Å²) in [6, 6.07) is 22.0. The molecule has 0 saturated carbocycles. The average Bonchev–Trinajstić information content (AvgIpc) is 3.18. The summed E-state index contributed by atoms with van der Waals surface area (Å²) in [6.07, 6.45) is 6.30. The molecule has 0 radical (unpaired) electrons. The Morgan fingerprint density at radius 1 is 0.596 bits per heavy atom. The zero-order valence-corrected chi connectivity index (χ0v) is 34.6. The number of rotatable bonds is 23. The van der Waals surface area contributed by atoms with E-state index in [9.17, 15) is 31.5 Å². The number of carbonyl (C=O) groups excluding carboxylic acids is 2. The van der Waals surface area contributed by atoms with E-state index in [1.807, 2.05) is 60.7 Å². The fraction of sp³-hybridized carbons (Fsp3) is 0.429. The van der Waals surface area contributed by atoms with E-state index in [0.717, 1.165) is 16.7 Å². The van der Waals surface area contributed by atoms with Crippen LogP contribution in [0.25, 0.3) is 0 Å². The Morgan fingerprint density at radius 2 is 1.04 bits per heavy atom. The molecule has 0 spiro atoms. The molecule has 2 amide bonds. The molecule has 4 aromatic rings. The molecule has 0 aliphatic rings. The Kier molecular flexibility index (Phi) is 17.3. The lowest BCUT2D eigenvalue weighted by molar-refractivity contribution is -0.125. The summed E-state index contributed by atoms with van der Waals surface area (Å²) in [7, 11) is -7.71. The first-order chi connectivity index (χ1) is 27.1. The zero-order chi connectivity index (χ0) is 41.4. The van der Waals surface area contributed by atoms with E-state index >= 15 is 0 Å². The molecule has 0 bridgehead atoms. The second kappa shape index (κ2) is 21.8. The molecule has 0 aliphatic carbocycles. The maximum Gasteiger partial charge on any atom is 0.238 e. The molecule has 15 heteroatoms. The van der Waals surface area contributed by atoms with Gasteiger partial charge in [0.2, 0.25) is 31.9 Å². The Hall–Kier alpha value is -4.54. The summed E-state index contributed by atoms with van der Waals surface area (Å²) >= 11 is 0. The molecule has 2 aromatic heterocycles. The average molecular weight is 821 g/mol. The summed E-state index contributed by atoms with van der Waals surface area (Å²) in [4.78, 5) is 35.6. The van der Waals surface area contributed by atoms with Crippen molar-refractivity contribution in [1.29, 1.82) is 0 Å². The minimum atomic E-state index is -3.86. The van der Waals surface area contributed by atoms with Gasteiger partial charge in [0.05, 0.1) is 23.7 Å². The van der Waals surface area contributed by atoms with Crippen LogP contribution in [0.1, 0.15) is 68.8 Å². The van der Waals surface area contributed by atoms with Crippen molar-refractivity contribution in [2.45, 2.75) is 90.1 Å². The largest absolute Gasteiger partial charge is 0.393 e. The van der Waals surface area contributed by atoms with Gasteiger partial charge in [-0.15, -0.1) is 0 Å². The van der Waals surface area contributed by atoms with E-state index in [2.05, 4.69) is 30.0 Å². The number of amides is 2. The molecule has 1 unspecified atom stereocenters. The van der Waals surface area contributed by atoms with Gasteiger partial charge in [-0.2, -0.15) is 0 Å². The predicted octanol–water partition coefficient (Wildman–Crippen LogP) is 3.88. The van der Waals surface area contributed by atoms with Crippen molar-refractivity contribution in [3.63, 3.8) is 0 Å². The normalized spacial score (nSPS) is 14.7.